The fourth-order valence-electron chi connectivity index (χ4n) is 2.07. The Labute approximate surface area is 106 Å². The number of nitrogens with one attached hydrogen (secondary N) is 2. The van der Waals surface area contributed by atoms with Gasteiger partial charge in [0.2, 0.25) is 0 Å². The Kier molecular flexibility index (Phi) is 4.28. The molecule has 1 saturated carbocycles. The van der Waals surface area contributed by atoms with Gasteiger partial charge in [-0.3, -0.25) is 14.6 Å². The third-order valence-electron chi connectivity index (χ3n) is 3.05. The highest BCUT2D eigenvalue weighted by Crippen LogP contribution is 2.17. The molecule has 5 nitrogen and oxygen atoms in total. The maximum Gasteiger partial charge on any atom is 0.309 e. The Balaban J connectivity index is 1.75. The van der Waals surface area contributed by atoms with E-state index in [4.69, 9.17) is 0 Å². The van der Waals surface area contributed by atoms with E-state index in [1.54, 1.807) is 18.3 Å². The van der Waals surface area contributed by atoms with E-state index >= 15 is 0 Å². The van der Waals surface area contributed by atoms with E-state index in [1.807, 2.05) is 6.07 Å². The number of carbonyl (C=O) groups is 2. The lowest BCUT2D eigenvalue weighted by Crippen LogP contribution is -2.43. The molecule has 96 valence electrons. The van der Waals surface area contributed by atoms with E-state index in [-0.39, 0.29) is 12.6 Å². The highest BCUT2D eigenvalue weighted by atomic mass is 16.2. The number of hydrogen-bond acceptors (Lipinski definition) is 3. The average Bonchev–Trinajstić information content (AvgIpc) is 2.90. The molecule has 0 aromatic carbocycles. The van der Waals surface area contributed by atoms with Crippen LogP contribution < -0.4 is 10.6 Å². The van der Waals surface area contributed by atoms with Gasteiger partial charge in [-0.1, -0.05) is 18.9 Å². The summed E-state index contributed by atoms with van der Waals surface area (Å²) in [6.45, 7) is 0.276. The molecule has 5 heteroatoms. The number of carbonyl (C=O) groups excluding carboxylic acids is 2. The summed E-state index contributed by atoms with van der Waals surface area (Å²) in [6.07, 6.45) is 5.85. The van der Waals surface area contributed by atoms with Crippen LogP contribution in [0.2, 0.25) is 0 Å². The van der Waals surface area contributed by atoms with Gasteiger partial charge in [-0.15, -0.1) is 0 Å². The zero-order valence-electron chi connectivity index (χ0n) is 10.2. The first-order valence-corrected chi connectivity index (χ1v) is 6.24. The van der Waals surface area contributed by atoms with Crippen LogP contribution >= 0.6 is 0 Å². The first-order chi connectivity index (χ1) is 8.75. The Morgan fingerprint density at radius 3 is 2.67 bits per heavy atom. The topological polar surface area (TPSA) is 71.1 Å². The standard InChI is InChI=1S/C13H17N3O2/c17-12(13(18)16-10-5-1-2-6-10)15-9-11-7-3-4-8-14-11/h3-4,7-8,10H,1-2,5-6,9H2,(H,15,17)(H,16,18). The molecule has 2 rings (SSSR count). The lowest BCUT2D eigenvalue weighted by atomic mass is 10.2. The Morgan fingerprint density at radius 1 is 1.22 bits per heavy atom. The van der Waals surface area contributed by atoms with Crippen molar-refractivity contribution in [2.75, 3.05) is 0 Å². The molecule has 1 aliphatic carbocycles. The lowest BCUT2D eigenvalue weighted by Gasteiger charge is -2.11. The fourth-order valence-corrected chi connectivity index (χ4v) is 2.07. The predicted octanol–water partition coefficient (Wildman–Crippen LogP) is 0.757. The molecular weight excluding hydrogens is 230 g/mol. The smallest absolute Gasteiger partial charge is 0.309 e. The van der Waals surface area contributed by atoms with E-state index in [2.05, 4.69) is 15.6 Å². The molecule has 0 aliphatic heterocycles. The van der Waals surface area contributed by atoms with Crippen LogP contribution in [0.4, 0.5) is 0 Å². The van der Waals surface area contributed by atoms with Crippen LogP contribution in [0.15, 0.2) is 24.4 Å². The normalized spacial score (nSPS) is 15.3. The molecule has 18 heavy (non-hydrogen) atoms. The molecule has 0 radical (unpaired) electrons. The molecule has 2 N–H and O–H groups in total. The van der Waals surface area contributed by atoms with Crippen LogP contribution in [-0.2, 0) is 16.1 Å². The largest absolute Gasteiger partial charge is 0.345 e. The lowest BCUT2D eigenvalue weighted by molar-refractivity contribution is -0.139. The van der Waals surface area contributed by atoms with Crippen LogP contribution in [0.1, 0.15) is 31.4 Å². The third kappa shape index (κ3) is 3.55. The van der Waals surface area contributed by atoms with Crippen molar-refractivity contribution >= 4 is 11.8 Å². The van der Waals surface area contributed by atoms with Crippen LogP contribution in [0.3, 0.4) is 0 Å². The van der Waals surface area contributed by atoms with Gasteiger partial charge >= 0.3 is 11.8 Å². The van der Waals surface area contributed by atoms with Crippen LogP contribution in [0, 0.1) is 0 Å². The van der Waals surface area contributed by atoms with Gasteiger partial charge in [0.05, 0.1) is 12.2 Å². The molecule has 1 aromatic heterocycles. The van der Waals surface area contributed by atoms with E-state index in [9.17, 15) is 9.59 Å². The SMILES string of the molecule is O=C(NCc1ccccn1)C(=O)NC1CCCC1. The summed E-state index contributed by atoms with van der Waals surface area (Å²) in [7, 11) is 0. The second kappa shape index (κ2) is 6.14. The molecule has 1 fully saturated rings. The molecule has 0 unspecified atom stereocenters. The van der Waals surface area contributed by atoms with Gasteiger partial charge in [0.15, 0.2) is 0 Å². The van der Waals surface area contributed by atoms with Crippen molar-refractivity contribution in [1.29, 1.82) is 0 Å². The zero-order valence-corrected chi connectivity index (χ0v) is 10.2. The fraction of sp³-hybridized carbons (Fsp3) is 0.462. The summed E-state index contributed by atoms with van der Waals surface area (Å²) in [4.78, 5) is 27.2. The van der Waals surface area contributed by atoms with Gasteiger partial charge in [-0.05, 0) is 25.0 Å². The summed E-state index contributed by atoms with van der Waals surface area (Å²) in [6, 6.07) is 5.61. The van der Waals surface area contributed by atoms with E-state index in [0.717, 1.165) is 31.4 Å². The summed E-state index contributed by atoms with van der Waals surface area (Å²) in [5.74, 6) is -1.13. The Bertz CT molecular complexity index is 414. The maximum atomic E-state index is 11.6. The minimum absolute atomic E-state index is 0.165. The molecule has 0 bridgehead atoms. The van der Waals surface area contributed by atoms with Crippen molar-refractivity contribution in [3.63, 3.8) is 0 Å². The van der Waals surface area contributed by atoms with Gasteiger partial charge in [-0.2, -0.15) is 0 Å². The Morgan fingerprint density at radius 2 is 2.00 bits per heavy atom. The first-order valence-electron chi connectivity index (χ1n) is 6.24. The number of pyridine rings is 1. The van der Waals surface area contributed by atoms with Gasteiger partial charge in [-0.25, -0.2) is 0 Å². The van der Waals surface area contributed by atoms with Crippen molar-refractivity contribution in [2.24, 2.45) is 0 Å². The molecule has 0 spiro atoms. The number of hydrogen-bond donors (Lipinski definition) is 2. The van der Waals surface area contributed by atoms with Crippen LogP contribution in [-0.4, -0.2) is 22.8 Å². The molecular formula is C13H17N3O2. The number of aromatic nitrogens is 1. The summed E-state index contributed by atoms with van der Waals surface area (Å²) in [5, 5.41) is 5.30. The summed E-state index contributed by atoms with van der Waals surface area (Å²) >= 11 is 0. The average molecular weight is 247 g/mol. The molecule has 1 aromatic rings. The van der Waals surface area contributed by atoms with Crippen molar-refractivity contribution in [3.05, 3.63) is 30.1 Å². The van der Waals surface area contributed by atoms with E-state index in [0.29, 0.717) is 0 Å². The molecule has 0 atom stereocenters. The minimum atomic E-state index is -0.590. The van der Waals surface area contributed by atoms with E-state index in [1.165, 1.54) is 0 Å². The monoisotopic (exact) mass is 247 g/mol. The van der Waals surface area contributed by atoms with Gasteiger partial charge in [0.1, 0.15) is 0 Å². The summed E-state index contributed by atoms with van der Waals surface area (Å²) < 4.78 is 0. The minimum Gasteiger partial charge on any atom is -0.345 e. The van der Waals surface area contributed by atoms with Crippen molar-refractivity contribution in [2.45, 2.75) is 38.3 Å². The van der Waals surface area contributed by atoms with Crippen molar-refractivity contribution in [1.82, 2.24) is 15.6 Å². The number of nitrogens with zero attached hydrogens (tertiary/aromatic N) is 1. The molecule has 1 heterocycles. The number of rotatable bonds is 3. The molecule has 0 saturated heterocycles. The van der Waals surface area contributed by atoms with E-state index < -0.39 is 11.8 Å². The highest BCUT2D eigenvalue weighted by Gasteiger charge is 2.21. The van der Waals surface area contributed by atoms with Crippen molar-refractivity contribution in [3.8, 4) is 0 Å². The van der Waals surface area contributed by atoms with Gasteiger partial charge in [0.25, 0.3) is 0 Å². The van der Waals surface area contributed by atoms with Crippen LogP contribution in [0.25, 0.3) is 0 Å². The first kappa shape index (κ1) is 12.5. The third-order valence-corrected chi connectivity index (χ3v) is 3.05. The predicted molar refractivity (Wildman–Crippen MR) is 66.5 cm³/mol. The Hall–Kier alpha value is -1.91. The quantitative estimate of drug-likeness (QED) is 0.774. The van der Waals surface area contributed by atoms with Crippen LogP contribution in [0.5, 0.6) is 0 Å². The second-order valence-corrected chi connectivity index (χ2v) is 4.46. The summed E-state index contributed by atoms with van der Waals surface area (Å²) in [5.41, 5.74) is 0.736. The second-order valence-electron chi connectivity index (χ2n) is 4.46. The number of amides is 2. The molecule has 1 aliphatic rings. The van der Waals surface area contributed by atoms with Gasteiger partial charge in [0, 0.05) is 12.2 Å². The highest BCUT2D eigenvalue weighted by molar-refractivity contribution is 6.35. The zero-order chi connectivity index (χ0) is 12.8. The van der Waals surface area contributed by atoms with Crippen molar-refractivity contribution < 1.29 is 9.59 Å². The van der Waals surface area contributed by atoms with Gasteiger partial charge < -0.3 is 10.6 Å². The molecule has 2 amide bonds. The maximum absolute atomic E-state index is 11.6.